The second-order valence-corrected chi connectivity index (χ2v) is 12.6. The number of hydrogen-bond acceptors (Lipinski definition) is 7. The van der Waals surface area contributed by atoms with Gasteiger partial charge in [0, 0.05) is 28.4 Å². The lowest BCUT2D eigenvalue weighted by Crippen LogP contribution is -2.35. The number of pyridine rings is 2. The minimum atomic E-state index is -1.06. The molecule has 2 saturated carbocycles. The molecule has 4 heterocycles. The van der Waals surface area contributed by atoms with Gasteiger partial charge in [-0.2, -0.15) is 0 Å². The van der Waals surface area contributed by atoms with Crippen molar-refractivity contribution in [1.29, 1.82) is 0 Å². The first-order chi connectivity index (χ1) is 19.4. The molecule has 7 rings (SSSR count). The van der Waals surface area contributed by atoms with Crippen molar-refractivity contribution < 1.29 is 14.3 Å². The fourth-order valence-corrected chi connectivity index (χ4v) is 6.79. The summed E-state index contributed by atoms with van der Waals surface area (Å²) < 4.78 is 7.21. The SMILES string of the molecule is Cc1ccc(NC(=O)C2(C(=O)Nc3ccc(Oc4ccnc5cc(CC6CNC7(CC7)C6)sc45)cn3)CC2)cc1. The Bertz CT molecular complexity index is 1590. The normalized spacial score (nSPS) is 19.9. The van der Waals surface area contributed by atoms with Gasteiger partial charge in [-0.3, -0.25) is 14.6 Å². The zero-order valence-electron chi connectivity index (χ0n) is 22.3. The molecule has 9 heteroatoms. The van der Waals surface area contributed by atoms with Crippen molar-refractivity contribution in [3.8, 4) is 11.5 Å². The molecule has 2 amide bonds. The molecule has 1 unspecified atom stereocenters. The summed E-state index contributed by atoms with van der Waals surface area (Å²) in [4.78, 5) is 36.2. The van der Waals surface area contributed by atoms with Crippen molar-refractivity contribution >= 4 is 44.9 Å². The van der Waals surface area contributed by atoms with Gasteiger partial charge in [-0.25, -0.2) is 4.98 Å². The summed E-state index contributed by atoms with van der Waals surface area (Å²) in [7, 11) is 0. The van der Waals surface area contributed by atoms with E-state index in [4.69, 9.17) is 4.74 Å². The Balaban J connectivity index is 0.990. The molecule has 204 valence electrons. The number of ether oxygens (including phenoxy) is 1. The molecule has 3 aliphatic rings. The van der Waals surface area contributed by atoms with Crippen LogP contribution in [0.1, 0.15) is 42.5 Å². The minimum Gasteiger partial charge on any atom is -0.454 e. The van der Waals surface area contributed by atoms with Gasteiger partial charge in [-0.05, 0) is 88.2 Å². The first-order valence-electron chi connectivity index (χ1n) is 13.9. The van der Waals surface area contributed by atoms with Crippen LogP contribution in [-0.2, 0) is 16.0 Å². The van der Waals surface area contributed by atoms with Crippen molar-refractivity contribution in [2.75, 3.05) is 17.2 Å². The fraction of sp³-hybridized carbons (Fsp3) is 0.355. The first kappa shape index (κ1) is 25.2. The predicted octanol–water partition coefficient (Wildman–Crippen LogP) is 5.83. The number of nitrogens with one attached hydrogen (secondary N) is 3. The third kappa shape index (κ3) is 4.95. The van der Waals surface area contributed by atoms with Gasteiger partial charge in [-0.15, -0.1) is 11.3 Å². The number of benzene rings is 1. The highest BCUT2D eigenvalue weighted by Gasteiger charge is 2.56. The van der Waals surface area contributed by atoms with Crippen LogP contribution in [0.15, 0.2) is 60.9 Å². The first-order valence-corrected chi connectivity index (χ1v) is 14.7. The molecule has 3 aromatic heterocycles. The molecule has 40 heavy (non-hydrogen) atoms. The Morgan fingerprint density at radius 1 is 1.02 bits per heavy atom. The highest BCUT2D eigenvalue weighted by molar-refractivity contribution is 7.19. The summed E-state index contributed by atoms with van der Waals surface area (Å²) in [5.41, 5.74) is 2.11. The summed E-state index contributed by atoms with van der Waals surface area (Å²) in [6.07, 6.45) is 9.34. The standard InChI is InChI=1S/C31H31N5O3S/c1-19-2-4-21(5-3-19)35-28(37)31(11-12-31)29(38)36-26-7-6-22(18-33-26)39-25-8-13-32-24-15-23(40-27(24)25)14-20-16-30(9-10-30)34-17-20/h2-8,13,15,18,20,34H,9-12,14,16-17H2,1H3,(H,35,37)(H,33,36,38). The van der Waals surface area contributed by atoms with Crippen LogP contribution in [0.3, 0.4) is 0 Å². The number of nitrogens with zero attached hydrogens (tertiary/aromatic N) is 2. The number of carbonyl (C=O) groups is 2. The van der Waals surface area contributed by atoms with Gasteiger partial charge in [0.2, 0.25) is 11.8 Å². The van der Waals surface area contributed by atoms with Crippen molar-refractivity contribution in [2.24, 2.45) is 11.3 Å². The van der Waals surface area contributed by atoms with Crippen LogP contribution in [0.4, 0.5) is 11.5 Å². The monoisotopic (exact) mass is 553 g/mol. The molecule has 3 N–H and O–H groups in total. The van der Waals surface area contributed by atoms with E-state index >= 15 is 0 Å². The average molecular weight is 554 g/mol. The third-order valence-corrected chi connectivity index (χ3v) is 9.51. The topological polar surface area (TPSA) is 105 Å². The van der Waals surface area contributed by atoms with E-state index in [9.17, 15) is 9.59 Å². The molecular formula is C31H31N5O3S. The van der Waals surface area contributed by atoms with Crippen LogP contribution >= 0.6 is 11.3 Å². The van der Waals surface area contributed by atoms with E-state index in [1.54, 1.807) is 35.9 Å². The summed E-state index contributed by atoms with van der Waals surface area (Å²) in [6, 6.07) is 15.1. The van der Waals surface area contributed by atoms with Crippen LogP contribution in [0, 0.1) is 18.3 Å². The van der Waals surface area contributed by atoms with E-state index in [-0.39, 0.29) is 11.8 Å². The zero-order chi connectivity index (χ0) is 27.3. The second kappa shape index (κ2) is 9.67. The summed E-state index contributed by atoms with van der Waals surface area (Å²) in [6.45, 7) is 3.08. The van der Waals surface area contributed by atoms with Gasteiger partial charge in [0.05, 0.1) is 16.4 Å². The number of rotatable bonds is 8. The highest BCUT2D eigenvalue weighted by atomic mass is 32.1. The Labute approximate surface area is 236 Å². The Morgan fingerprint density at radius 2 is 1.82 bits per heavy atom. The predicted molar refractivity (Wildman–Crippen MR) is 156 cm³/mol. The zero-order valence-corrected chi connectivity index (χ0v) is 23.1. The number of aromatic nitrogens is 2. The van der Waals surface area contributed by atoms with Crippen LogP contribution in [-0.4, -0.2) is 33.9 Å². The molecule has 8 nitrogen and oxygen atoms in total. The molecule has 0 radical (unpaired) electrons. The Kier molecular flexibility index (Phi) is 6.09. The Hall–Kier alpha value is -3.82. The van der Waals surface area contributed by atoms with E-state index in [1.807, 2.05) is 37.3 Å². The van der Waals surface area contributed by atoms with Gasteiger partial charge in [0.1, 0.15) is 22.7 Å². The number of anilines is 2. The maximum absolute atomic E-state index is 13.0. The van der Waals surface area contributed by atoms with Gasteiger partial charge in [0.15, 0.2) is 0 Å². The molecule has 0 bridgehead atoms. The molecule has 4 aromatic rings. The number of thiophene rings is 1. The molecule has 1 atom stereocenters. The van der Waals surface area contributed by atoms with Gasteiger partial charge in [-0.1, -0.05) is 17.7 Å². The van der Waals surface area contributed by atoms with E-state index in [1.165, 1.54) is 24.1 Å². The van der Waals surface area contributed by atoms with Crippen LogP contribution < -0.4 is 20.7 Å². The smallest absolute Gasteiger partial charge is 0.241 e. The van der Waals surface area contributed by atoms with Crippen LogP contribution in [0.25, 0.3) is 10.2 Å². The molecular weight excluding hydrogens is 522 g/mol. The fourth-order valence-electron chi connectivity index (χ4n) is 5.61. The van der Waals surface area contributed by atoms with E-state index in [2.05, 4.69) is 32.0 Å². The average Bonchev–Trinajstić information content (AvgIpc) is 3.83. The van der Waals surface area contributed by atoms with Gasteiger partial charge in [0.25, 0.3) is 0 Å². The maximum atomic E-state index is 13.0. The van der Waals surface area contributed by atoms with Crippen LogP contribution in [0.2, 0.25) is 0 Å². The van der Waals surface area contributed by atoms with E-state index in [0.29, 0.717) is 41.6 Å². The summed E-state index contributed by atoms with van der Waals surface area (Å²) in [5.74, 6) is 1.73. The summed E-state index contributed by atoms with van der Waals surface area (Å²) in [5, 5.41) is 9.39. The van der Waals surface area contributed by atoms with Crippen molar-refractivity contribution in [3.63, 3.8) is 0 Å². The van der Waals surface area contributed by atoms with Crippen LogP contribution in [0.5, 0.6) is 11.5 Å². The number of carbonyl (C=O) groups excluding carboxylic acids is 2. The lowest BCUT2D eigenvalue weighted by atomic mass is 10.00. The number of fused-ring (bicyclic) bond motifs is 1. The molecule has 2 aliphatic carbocycles. The van der Waals surface area contributed by atoms with Crippen molar-refractivity contribution in [1.82, 2.24) is 15.3 Å². The molecule has 1 saturated heterocycles. The molecule has 1 spiro atoms. The van der Waals surface area contributed by atoms with Crippen molar-refractivity contribution in [3.05, 3.63) is 71.4 Å². The van der Waals surface area contributed by atoms with E-state index < -0.39 is 5.41 Å². The lowest BCUT2D eigenvalue weighted by Gasteiger charge is -2.15. The number of amides is 2. The second-order valence-electron chi connectivity index (χ2n) is 11.5. The Morgan fingerprint density at radius 3 is 2.52 bits per heavy atom. The quantitative estimate of drug-likeness (QED) is 0.237. The maximum Gasteiger partial charge on any atom is 0.241 e. The lowest BCUT2D eigenvalue weighted by molar-refractivity contribution is -0.131. The number of hydrogen-bond donors (Lipinski definition) is 3. The highest BCUT2D eigenvalue weighted by Crippen LogP contribution is 2.48. The molecule has 3 fully saturated rings. The van der Waals surface area contributed by atoms with Gasteiger partial charge < -0.3 is 20.7 Å². The number of aryl methyl sites for hydroxylation is 1. The molecule has 1 aromatic carbocycles. The van der Waals surface area contributed by atoms with Crippen molar-refractivity contribution in [2.45, 2.75) is 51.0 Å². The van der Waals surface area contributed by atoms with Gasteiger partial charge >= 0.3 is 0 Å². The summed E-state index contributed by atoms with van der Waals surface area (Å²) >= 11 is 1.75. The third-order valence-electron chi connectivity index (χ3n) is 8.35. The molecule has 1 aliphatic heterocycles. The largest absolute Gasteiger partial charge is 0.454 e. The minimum absolute atomic E-state index is 0.290. The van der Waals surface area contributed by atoms with E-state index in [0.717, 1.165) is 34.5 Å².